The van der Waals surface area contributed by atoms with Gasteiger partial charge in [-0.2, -0.15) is 0 Å². The van der Waals surface area contributed by atoms with Gasteiger partial charge in [-0.3, -0.25) is 9.59 Å². The number of hydrogen-bond donors (Lipinski definition) is 1. The van der Waals surface area contributed by atoms with Crippen LogP contribution in [-0.4, -0.2) is 29.3 Å². The van der Waals surface area contributed by atoms with Crippen molar-refractivity contribution in [3.05, 3.63) is 57.2 Å². The summed E-state index contributed by atoms with van der Waals surface area (Å²) in [6.45, 7) is 6.87. The highest BCUT2D eigenvalue weighted by Crippen LogP contribution is 2.23. The van der Waals surface area contributed by atoms with Crippen molar-refractivity contribution in [1.29, 1.82) is 0 Å². The van der Waals surface area contributed by atoms with Gasteiger partial charge in [0.1, 0.15) is 6.04 Å². The van der Waals surface area contributed by atoms with Crippen molar-refractivity contribution >= 4 is 34.8 Å². The molecule has 6 heteroatoms. The highest BCUT2D eigenvalue weighted by molar-refractivity contribution is 7.16. The number of amides is 2. The van der Waals surface area contributed by atoms with E-state index >= 15 is 0 Å². The highest BCUT2D eigenvalue weighted by Gasteiger charge is 2.28. The van der Waals surface area contributed by atoms with E-state index in [2.05, 4.69) is 5.32 Å². The number of carbonyl (C=O) groups excluding carboxylic acids is 2. The highest BCUT2D eigenvalue weighted by atomic mass is 35.5. The zero-order valence-corrected chi connectivity index (χ0v) is 16.2. The van der Waals surface area contributed by atoms with Crippen molar-refractivity contribution in [2.75, 3.05) is 6.54 Å². The van der Waals surface area contributed by atoms with E-state index < -0.39 is 6.04 Å². The maximum Gasteiger partial charge on any atom is 0.251 e. The van der Waals surface area contributed by atoms with E-state index in [1.165, 1.54) is 11.3 Å². The van der Waals surface area contributed by atoms with Crippen LogP contribution < -0.4 is 5.32 Å². The summed E-state index contributed by atoms with van der Waals surface area (Å²) in [5.41, 5.74) is 0.550. The SMILES string of the molecule is CCN(Cc1ccc(Cl)s1)C(=O)C(NC(=O)c1ccccc1)C(C)C. The van der Waals surface area contributed by atoms with Crippen LogP contribution in [0.25, 0.3) is 0 Å². The molecule has 0 saturated heterocycles. The Morgan fingerprint density at radius 2 is 1.84 bits per heavy atom. The molecule has 1 unspecified atom stereocenters. The van der Waals surface area contributed by atoms with Crippen LogP contribution in [0.3, 0.4) is 0 Å². The second kappa shape index (κ2) is 9.02. The summed E-state index contributed by atoms with van der Waals surface area (Å²) in [6, 6.07) is 12.1. The number of thiophene rings is 1. The summed E-state index contributed by atoms with van der Waals surface area (Å²) in [5, 5.41) is 2.89. The largest absolute Gasteiger partial charge is 0.340 e. The molecule has 134 valence electrons. The topological polar surface area (TPSA) is 49.4 Å². The first kappa shape index (κ1) is 19.5. The lowest BCUT2D eigenvalue weighted by molar-refractivity contribution is -0.134. The molecule has 2 amide bonds. The molecule has 4 nitrogen and oxygen atoms in total. The molecule has 2 aromatic rings. The van der Waals surface area contributed by atoms with Crippen molar-refractivity contribution < 1.29 is 9.59 Å². The van der Waals surface area contributed by atoms with E-state index in [0.717, 1.165) is 4.88 Å². The van der Waals surface area contributed by atoms with Crippen molar-refractivity contribution in [3.8, 4) is 0 Å². The average Bonchev–Trinajstić information content (AvgIpc) is 3.02. The molecule has 0 fully saturated rings. The van der Waals surface area contributed by atoms with Crippen LogP contribution in [0, 0.1) is 5.92 Å². The van der Waals surface area contributed by atoms with Gasteiger partial charge in [-0.15, -0.1) is 11.3 Å². The van der Waals surface area contributed by atoms with E-state index in [-0.39, 0.29) is 17.7 Å². The zero-order chi connectivity index (χ0) is 18.4. The third-order valence-corrected chi connectivity index (χ3v) is 5.14. The molecule has 0 radical (unpaired) electrons. The van der Waals surface area contributed by atoms with E-state index in [1.54, 1.807) is 29.2 Å². The molecule has 1 atom stereocenters. The van der Waals surface area contributed by atoms with E-state index in [9.17, 15) is 9.59 Å². The first-order chi connectivity index (χ1) is 11.9. The van der Waals surface area contributed by atoms with Gasteiger partial charge in [0.05, 0.1) is 10.9 Å². The third kappa shape index (κ3) is 5.31. The maximum atomic E-state index is 13.0. The minimum Gasteiger partial charge on any atom is -0.340 e. The molecule has 0 aliphatic rings. The van der Waals surface area contributed by atoms with Crippen molar-refractivity contribution in [1.82, 2.24) is 10.2 Å². The van der Waals surface area contributed by atoms with Crippen LogP contribution in [0.2, 0.25) is 4.34 Å². The molecule has 2 rings (SSSR count). The van der Waals surface area contributed by atoms with Crippen LogP contribution in [0.4, 0.5) is 0 Å². The van der Waals surface area contributed by atoms with Gasteiger partial charge >= 0.3 is 0 Å². The zero-order valence-electron chi connectivity index (χ0n) is 14.7. The Morgan fingerprint density at radius 3 is 2.36 bits per heavy atom. The Balaban J connectivity index is 2.11. The van der Waals surface area contributed by atoms with Gasteiger partial charge in [-0.1, -0.05) is 43.6 Å². The molecular formula is C19H23ClN2O2S. The van der Waals surface area contributed by atoms with Crippen LogP contribution in [-0.2, 0) is 11.3 Å². The normalized spacial score (nSPS) is 12.0. The number of rotatable bonds is 7. The summed E-state index contributed by atoms with van der Waals surface area (Å²) in [5.74, 6) is -0.324. The molecule has 1 heterocycles. The average molecular weight is 379 g/mol. The molecule has 0 spiro atoms. The predicted molar refractivity (Wildman–Crippen MR) is 103 cm³/mol. The second-order valence-corrected chi connectivity index (χ2v) is 7.92. The lowest BCUT2D eigenvalue weighted by atomic mass is 10.0. The van der Waals surface area contributed by atoms with Crippen LogP contribution >= 0.6 is 22.9 Å². The Bertz CT molecular complexity index is 715. The molecule has 1 aromatic heterocycles. The number of hydrogen-bond acceptors (Lipinski definition) is 3. The fourth-order valence-corrected chi connectivity index (χ4v) is 3.60. The van der Waals surface area contributed by atoms with Crippen molar-refractivity contribution in [2.24, 2.45) is 5.92 Å². The Morgan fingerprint density at radius 1 is 1.16 bits per heavy atom. The van der Waals surface area contributed by atoms with Crippen molar-refractivity contribution in [3.63, 3.8) is 0 Å². The third-order valence-electron chi connectivity index (χ3n) is 3.92. The van der Waals surface area contributed by atoms with E-state index in [0.29, 0.717) is 23.0 Å². The molecule has 0 aliphatic carbocycles. The molecular weight excluding hydrogens is 356 g/mol. The molecule has 0 aliphatic heterocycles. The van der Waals surface area contributed by atoms with Gasteiger partial charge < -0.3 is 10.2 Å². The summed E-state index contributed by atoms with van der Waals surface area (Å²) in [7, 11) is 0. The minimum absolute atomic E-state index is 0.0128. The Kier molecular flexibility index (Phi) is 7.02. The quantitative estimate of drug-likeness (QED) is 0.784. The van der Waals surface area contributed by atoms with E-state index in [1.807, 2.05) is 39.0 Å². The van der Waals surface area contributed by atoms with Crippen LogP contribution in [0.5, 0.6) is 0 Å². The number of carbonyl (C=O) groups is 2. The summed E-state index contributed by atoms with van der Waals surface area (Å²) in [6.07, 6.45) is 0. The van der Waals surface area contributed by atoms with Gasteiger partial charge in [-0.05, 0) is 37.1 Å². The van der Waals surface area contributed by atoms with Crippen LogP contribution in [0.1, 0.15) is 36.0 Å². The number of halogens is 1. The minimum atomic E-state index is -0.567. The summed E-state index contributed by atoms with van der Waals surface area (Å²) >= 11 is 7.44. The van der Waals surface area contributed by atoms with Crippen molar-refractivity contribution in [2.45, 2.75) is 33.4 Å². The maximum absolute atomic E-state index is 13.0. The van der Waals surface area contributed by atoms with Gasteiger partial charge in [-0.25, -0.2) is 0 Å². The summed E-state index contributed by atoms with van der Waals surface area (Å²) in [4.78, 5) is 28.2. The van der Waals surface area contributed by atoms with Gasteiger partial charge in [0.2, 0.25) is 5.91 Å². The standard InChI is InChI=1S/C19H23ClN2O2S/c1-4-22(12-15-10-11-16(20)25-15)19(24)17(13(2)3)21-18(23)14-8-6-5-7-9-14/h5-11,13,17H,4,12H2,1-3H3,(H,21,23). The Hall–Kier alpha value is -1.85. The van der Waals surface area contributed by atoms with Gasteiger partial charge in [0.25, 0.3) is 5.91 Å². The fourth-order valence-electron chi connectivity index (χ4n) is 2.49. The lowest BCUT2D eigenvalue weighted by Gasteiger charge is -2.28. The summed E-state index contributed by atoms with van der Waals surface area (Å²) < 4.78 is 0.705. The molecule has 1 aromatic carbocycles. The molecule has 1 N–H and O–H groups in total. The first-order valence-corrected chi connectivity index (χ1v) is 9.50. The van der Waals surface area contributed by atoms with Gasteiger partial charge in [0, 0.05) is 17.0 Å². The number of nitrogens with zero attached hydrogens (tertiary/aromatic N) is 1. The molecule has 0 saturated carbocycles. The van der Waals surface area contributed by atoms with E-state index in [4.69, 9.17) is 11.6 Å². The Labute approximate surface area is 157 Å². The first-order valence-electron chi connectivity index (χ1n) is 8.31. The molecule has 25 heavy (non-hydrogen) atoms. The second-order valence-electron chi connectivity index (χ2n) is 6.12. The van der Waals surface area contributed by atoms with Crippen LogP contribution in [0.15, 0.2) is 42.5 Å². The molecule has 0 bridgehead atoms. The predicted octanol–water partition coefficient (Wildman–Crippen LogP) is 4.20. The number of nitrogens with one attached hydrogen (secondary N) is 1. The number of benzene rings is 1. The fraction of sp³-hybridized carbons (Fsp3) is 0.368. The lowest BCUT2D eigenvalue weighted by Crippen LogP contribution is -2.51. The number of likely N-dealkylation sites (N-methyl/N-ethyl adjacent to an activating group) is 1. The van der Waals surface area contributed by atoms with Gasteiger partial charge in [0.15, 0.2) is 0 Å². The smallest absolute Gasteiger partial charge is 0.251 e. The monoisotopic (exact) mass is 378 g/mol.